The summed E-state index contributed by atoms with van der Waals surface area (Å²) in [4.78, 5) is 11.1. The van der Waals surface area contributed by atoms with Gasteiger partial charge in [-0.25, -0.2) is 0 Å². The van der Waals surface area contributed by atoms with E-state index in [1.54, 1.807) is 18.2 Å². The average Bonchev–Trinajstić information content (AvgIpc) is 2.67. The summed E-state index contributed by atoms with van der Waals surface area (Å²) in [7, 11) is 0. The van der Waals surface area contributed by atoms with E-state index in [1.807, 2.05) is 19.1 Å². The first-order valence-electron chi connectivity index (χ1n) is 9.28. The van der Waals surface area contributed by atoms with Crippen LogP contribution in [-0.2, 0) is 17.6 Å². The molecule has 0 spiro atoms. The van der Waals surface area contributed by atoms with E-state index in [9.17, 15) is 9.90 Å². The maximum absolute atomic E-state index is 11.1. The highest BCUT2D eigenvalue weighted by molar-refractivity contribution is 6.36. The molecule has 0 unspecified atom stereocenters. The number of hydrogen-bond donors (Lipinski definition) is 1. The molecule has 3 nitrogen and oxygen atoms in total. The first-order valence-corrected chi connectivity index (χ1v) is 10.0. The van der Waals surface area contributed by atoms with Crippen molar-refractivity contribution in [3.05, 3.63) is 92.5 Å². The van der Waals surface area contributed by atoms with Gasteiger partial charge in [0.05, 0.1) is 0 Å². The summed E-state index contributed by atoms with van der Waals surface area (Å²) in [6, 6.07) is 17.1. The highest BCUT2D eigenvalue weighted by Crippen LogP contribution is 2.33. The standard InChI is InChI=1S/C24H22Cl2O3/c1-15-3-5-17(6-4-15)9-19-10-18(7-8-24(19)28)11-21-22(25)12-20(13-23(21)26)29-14-16(2)27/h3-8,10,12-13,28H,9,11,14H2,1-2H3. The molecule has 0 aliphatic heterocycles. The number of Topliss-reactive ketones (excluding diaryl/α,β-unsaturated/α-hetero) is 1. The minimum Gasteiger partial charge on any atom is -0.508 e. The van der Waals surface area contributed by atoms with E-state index < -0.39 is 0 Å². The molecular weight excluding hydrogens is 407 g/mol. The van der Waals surface area contributed by atoms with Crippen molar-refractivity contribution in [2.24, 2.45) is 0 Å². The fraction of sp³-hybridized carbons (Fsp3) is 0.208. The Labute approximate surface area is 180 Å². The van der Waals surface area contributed by atoms with Gasteiger partial charge in [0, 0.05) is 22.9 Å². The van der Waals surface area contributed by atoms with Crippen molar-refractivity contribution < 1.29 is 14.6 Å². The number of ether oxygens (including phenoxy) is 1. The van der Waals surface area contributed by atoms with Gasteiger partial charge >= 0.3 is 0 Å². The first-order chi connectivity index (χ1) is 13.8. The minimum atomic E-state index is -0.0773. The van der Waals surface area contributed by atoms with Gasteiger partial charge in [0.2, 0.25) is 0 Å². The van der Waals surface area contributed by atoms with Gasteiger partial charge in [-0.1, -0.05) is 65.2 Å². The topological polar surface area (TPSA) is 46.5 Å². The maximum Gasteiger partial charge on any atom is 0.167 e. The highest BCUT2D eigenvalue weighted by Gasteiger charge is 2.12. The Morgan fingerprint density at radius 1 is 0.931 bits per heavy atom. The van der Waals surface area contributed by atoms with Gasteiger partial charge in [-0.3, -0.25) is 4.79 Å². The molecule has 5 heteroatoms. The van der Waals surface area contributed by atoms with Crippen molar-refractivity contribution in [1.82, 2.24) is 0 Å². The fourth-order valence-electron chi connectivity index (χ4n) is 3.04. The van der Waals surface area contributed by atoms with Crippen LogP contribution in [0.25, 0.3) is 0 Å². The van der Waals surface area contributed by atoms with E-state index in [0.29, 0.717) is 28.6 Å². The number of rotatable bonds is 7. The molecule has 0 aliphatic rings. The normalized spacial score (nSPS) is 10.8. The van der Waals surface area contributed by atoms with E-state index in [0.717, 1.165) is 22.3 Å². The quantitative estimate of drug-likeness (QED) is 0.490. The van der Waals surface area contributed by atoms with Crippen LogP contribution < -0.4 is 4.74 Å². The summed E-state index contributed by atoms with van der Waals surface area (Å²) in [5.74, 6) is 0.649. The van der Waals surface area contributed by atoms with E-state index in [4.69, 9.17) is 27.9 Å². The number of halogens is 2. The summed E-state index contributed by atoms with van der Waals surface area (Å²) < 4.78 is 5.39. The van der Waals surface area contributed by atoms with Gasteiger partial charge in [0.1, 0.15) is 18.1 Å². The zero-order chi connectivity index (χ0) is 21.0. The third-order valence-corrected chi connectivity index (χ3v) is 5.27. The van der Waals surface area contributed by atoms with Crippen LogP contribution in [0.1, 0.15) is 34.7 Å². The second kappa shape index (κ2) is 9.34. The summed E-state index contributed by atoms with van der Waals surface area (Å²) in [6.07, 6.45) is 1.16. The second-order valence-corrected chi connectivity index (χ2v) is 7.97. The molecule has 0 saturated carbocycles. The molecule has 0 aromatic heterocycles. The number of aromatic hydroxyl groups is 1. The van der Waals surface area contributed by atoms with Gasteiger partial charge in [0.15, 0.2) is 5.78 Å². The molecule has 3 aromatic rings. The molecule has 3 aromatic carbocycles. The summed E-state index contributed by atoms with van der Waals surface area (Å²) in [5.41, 5.74) is 4.94. The van der Waals surface area contributed by atoms with Crippen molar-refractivity contribution >= 4 is 29.0 Å². The summed E-state index contributed by atoms with van der Waals surface area (Å²) in [5, 5.41) is 11.2. The zero-order valence-corrected chi connectivity index (χ0v) is 17.8. The predicted molar refractivity (Wildman–Crippen MR) is 118 cm³/mol. The van der Waals surface area contributed by atoms with E-state index in [-0.39, 0.29) is 18.1 Å². The van der Waals surface area contributed by atoms with Crippen LogP contribution in [0.4, 0.5) is 0 Å². The molecule has 0 fully saturated rings. The Morgan fingerprint density at radius 2 is 1.55 bits per heavy atom. The summed E-state index contributed by atoms with van der Waals surface area (Å²) in [6.45, 7) is 3.48. The number of ketones is 1. The van der Waals surface area contributed by atoms with Crippen LogP contribution in [0.3, 0.4) is 0 Å². The van der Waals surface area contributed by atoms with Gasteiger partial charge < -0.3 is 9.84 Å². The molecule has 0 aliphatic carbocycles. The number of aryl methyl sites for hydroxylation is 1. The fourth-order valence-corrected chi connectivity index (χ4v) is 3.64. The Morgan fingerprint density at radius 3 is 2.17 bits per heavy atom. The first kappa shape index (κ1) is 21.2. The summed E-state index contributed by atoms with van der Waals surface area (Å²) >= 11 is 12.8. The molecule has 0 bridgehead atoms. The van der Waals surface area contributed by atoms with E-state index >= 15 is 0 Å². The molecule has 0 radical (unpaired) electrons. The Hall–Kier alpha value is -2.49. The third-order valence-electron chi connectivity index (χ3n) is 4.60. The predicted octanol–water partition coefficient (Wildman–Crippen LogP) is 6.16. The van der Waals surface area contributed by atoms with Crippen LogP contribution in [0.15, 0.2) is 54.6 Å². The van der Waals surface area contributed by atoms with Crippen molar-refractivity contribution in [2.75, 3.05) is 6.61 Å². The molecule has 0 amide bonds. The largest absolute Gasteiger partial charge is 0.508 e. The number of carbonyl (C=O) groups is 1. The van der Waals surface area contributed by atoms with Gasteiger partial charge in [0.25, 0.3) is 0 Å². The van der Waals surface area contributed by atoms with Crippen molar-refractivity contribution in [3.63, 3.8) is 0 Å². The molecular formula is C24H22Cl2O3. The number of benzene rings is 3. The van der Waals surface area contributed by atoms with Gasteiger partial charge in [-0.2, -0.15) is 0 Å². The highest BCUT2D eigenvalue weighted by atomic mass is 35.5. The lowest BCUT2D eigenvalue weighted by Gasteiger charge is -2.13. The third kappa shape index (κ3) is 5.75. The Kier molecular flexibility index (Phi) is 6.83. The van der Waals surface area contributed by atoms with Crippen molar-refractivity contribution in [1.29, 1.82) is 0 Å². The number of phenolic OH excluding ortho intramolecular Hbond substituents is 1. The van der Waals surface area contributed by atoms with Gasteiger partial charge in [-0.15, -0.1) is 0 Å². The molecule has 1 N–H and O–H groups in total. The molecule has 29 heavy (non-hydrogen) atoms. The molecule has 0 heterocycles. The zero-order valence-electron chi connectivity index (χ0n) is 16.3. The van der Waals surface area contributed by atoms with Crippen LogP contribution in [0.5, 0.6) is 11.5 Å². The lowest BCUT2D eigenvalue weighted by molar-refractivity contribution is -0.118. The Balaban J connectivity index is 1.81. The second-order valence-electron chi connectivity index (χ2n) is 7.16. The number of hydrogen-bond acceptors (Lipinski definition) is 3. The lowest BCUT2D eigenvalue weighted by atomic mass is 9.98. The van der Waals surface area contributed by atoms with Crippen LogP contribution in [0.2, 0.25) is 10.0 Å². The van der Waals surface area contributed by atoms with E-state index in [1.165, 1.54) is 12.5 Å². The monoisotopic (exact) mass is 428 g/mol. The average molecular weight is 429 g/mol. The van der Waals surface area contributed by atoms with Crippen LogP contribution in [0, 0.1) is 6.92 Å². The maximum atomic E-state index is 11.1. The lowest BCUT2D eigenvalue weighted by Crippen LogP contribution is -2.06. The van der Waals surface area contributed by atoms with Crippen LogP contribution in [-0.4, -0.2) is 17.5 Å². The van der Waals surface area contributed by atoms with E-state index in [2.05, 4.69) is 24.3 Å². The SMILES string of the molecule is CC(=O)COc1cc(Cl)c(Cc2ccc(O)c(Cc3ccc(C)cc3)c2)c(Cl)c1. The van der Waals surface area contributed by atoms with Crippen molar-refractivity contribution in [2.45, 2.75) is 26.7 Å². The molecule has 150 valence electrons. The number of carbonyl (C=O) groups excluding carboxylic acids is 1. The van der Waals surface area contributed by atoms with Crippen molar-refractivity contribution in [3.8, 4) is 11.5 Å². The molecule has 3 rings (SSSR count). The Bertz CT molecular complexity index is 1000. The smallest absolute Gasteiger partial charge is 0.167 e. The number of phenols is 1. The van der Waals surface area contributed by atoms with Crippen LogP contribution >= 0.6 is 23.2 Å². The minimum absolute atomic E-state index is 0.0215. The molecule has 0 atom stereocenters. The molecule has 0 saturated heterocycles. The van der Waals surface area contributed by atoms with Gasteiger partial charge in [-0.05, 0) is 54.3 Å².